The SMILES string of the molecule is Cn1c(=O)c(-c2c(F)ccc(NS(=O)(=O)N3CC[C@@H](F)C3)c2F)cc2cnc(NCCOCCOCCN)nc21. The lowest BCUT2D eigenvalue weighted by Gasteiger charge is -2.18. The fourth-order valence-electron chi connectivity index (χ4n) is 4.14. The molecule has 4 N–H and O–H groups in total. The zero-order valence-electron chi connectivity index (χ0n) is 21.7. The highest BCUT2D eigenvalue weighted by Gasteiger charge is 2.32. The summed E-state index contributed by atoms with van der Waals surface area (Å²) in [5.74, 6) is -2.15. The van der Waals surface area contributed by atoms with Gasteiger partial charge < -0.3 is 20.5 Å². The monoisotopic (exact) mass is 585 g/mol. The Morgan fingerprint density at radius 3 is 2.62 bits per heavy atom. The van der Waals surface area contributed by atoms with Gasteiger partial charge in [-0.3, -0.25) is 14.1 Å². The second-order valence-electron chi connectivity index (χ2n) is 8.97. The van der Waals surface area contributed by atoms with E-state index in [1.54, 1.807) is 0 Å². The van der Waals surface area contributed by atoms with Crippen LogP contribution >= 0.6 is 0 Å². The molecule has 0 amide bonds. The number of hydrogen-bond donors (Lipinski definition) is 3. The summed E-state index contributed by atoms with van der Waals surface area (Å²) in [5.41, 5.74) is 3.12. The Bertz CT molecular complexity index is 1520. The van der Waals surface area contributed by atoms with E-state index in [-0.39, 0.29) is 36.7 Å². The van der Waals surface area contributed by atoms with E-state index in [0.29, 0.717) is 44.9 Å². The molecule has 4 rings (SSSR count). The van der Waals surface area contributed by atoms with Gasteiger partial charge in [-0.15, -0.1) is 0 Å². The minimum Gasteiger partial charge on any atom is -0.378 e. The molecule has 0 spiro atoms. The molecule has 0 aliphatic carbocycles. The van der Waals surface area contributed by atoms with E-state index in [1.165, 1.54) is 19.3 Å². The number of pyridine rings is 1. The van der Waals surface area contributed by atoms with Gasteiger partial charge in [0.1, 0.15) is 17.6 Å². The molecule has 0 unspecified atom stereocenters. The predicted molar refractivity (Wildman–Crippen MR) is 143 cm³/mol. The summed E-state index contributed by atoms with van der Waals surface area (Å²) in [4.78, 5) is 21.7. The Balaban J connectivity index is 1.55. The van der Waals surface area contributed by atoms with E-state index in [2.05, 4.69) is 15.3 Å². The second-order valence-corrected chi connectivity index (χ2v) is 10.6. The van der Waals surface area contributed by atoms with Gasteiger partial charge in [0.15, 0.2) is 5.82 Å². The fourth-order valence-corrected chi connectivity index (χ4v) is 5.41. The van der Waals surface area contributed by atoms with Crippen molar-refractivity contribution in [2.75, 3.05) is 62.6 Å². The zero-order chi connectivity index (χ0) is 28.9. The maximum atomic E-state index is 15.5. The number of fused-ring (bicyclic) bond motifs is 1. The van der Waals surface area contributed by atoms with Gasteiger partial charge in [0.2, 0.25) is 5.95 Å². The number of aromatic nitrogens is 3. The highest BCUT2D eigenvalue weighted by atomic mass is 32.2. The number of nitrogens with one attached hydrogen (secondary N) is 2. The number of aryl methyl sites for hydroxylation is 1. The first-order chi connectivity index (χ1) is 19.1. The molecule has 3 heterocycles. The van der Waals surface area contributed by atoms with Crippen molar-refractivity contribution in [3.05, 3.63) is 46.4 Å². The summed E-state index contributed by atoms with van der Waals surface area (Å²) in [5, 5.41) is 3.28. The highest BCUT2D eigenvalue weighted by Crippen LogP contribution is 2.31. The number of nitrogens with zero attached hydrogens (tertiary/aromatic N) is 4. The molecule has 1 aliphatic heterocycles. The standard InChI is InChI=1S/C24H30F3N7O5S/c1-33-22-15(13-30-24(31-22)29-6-9-39-11-10-38-8-5-28)12-17(23(33)35)20-18(26)2-3-19(21(20)27)32-40(36,37)34-7-4-16(25)14-34/h2-3,12-13,16,32H,4-11,14,28H2,1H3,(H,29,30,31)/t16-/m1/s1. The minimum atomic E-state index is -4.30. The quantitative estimate of drug-likeness (QED) is 0.253. The third kappa shape index (κ3) is 6.69. The number of anilines is 2. The molecule has 0 bridgehead atoms. The summed E-state index contributed by atoms with van der Waals surface area (Å²) in [6, 6.07) is 2.98. The van der Waals surface area contributed by atoms with Crippen molar-refractivity contribution >= 4 is 32.9 Å². The average Bonchev–Trinajstić information content (AvgIpc) is 3.37. The maximum absolute atomic E-state index is 15.5. The molecule has 1 aliphatic rings. The molecule has 2 aromatic heterocycles. The van der Waals surface area contributed by atoms with Crippen LogP contribution in [-0.4, -0.2) is 86.0 Å². The van der Waals surface area contributed by atoms with Crippen LogP contribution in [0.15, 0.2) is 29.2 Å². The van der Waals surface area contributed by atoms with Gasteiger partial charge in [0.05, 0.1) is 43.2 Å². The van der Waals surface area contributed by atoms with Crippen LogP contribution in [0, 0.1) is 11.6 Å². The number of alkyl halides is 1. The molecule has 1 saturated heterocycles. The first kappa shape index (κ1) is 29.7. The van der Waals surface area contributed by atoms with Crippen LogP contribution in [0.25, 0.3) is 22.2 Å². The number of benzene rings is 1. The summed E-state index contributed by atoms with van der Waals surface area (Å²) in [6.07, 6.45) is 0.0745. The van der Waals surface area contributed by atoms with Gasteiger partial charge in [0.25, 0.3) is 5.56 Å². The molecule has 0 saturated carbocycles. The Morgan fingerprint density at radius 2 is 1.93 bits per heavy atom. The molecule has 16 heteroatoms. The lowest BCUT2D eigenvalue weighted by Crippen LogP contribution is -2.34. The van der Waals surface area contributed by atoms with Crippen molar-refractivity contribution in [1.82, 2.24) is 18.8 Å². The van der Waals surface area contributed by atoms with Gasteiger partial charge in [0, 0.05) is 44.8 Å². The van der Waals surface area contributed by atoms with Crippen LogP contribution in [0.1, 0.15) is 6.42 Å². The highest BCUT2D eigenvalue weighted by molar-refractivity contribution is 7.90. The van der Waals surface area contributed by atoms with Crippen LogP contribution in [-0.2, 0) is 26.7 Å². The van der Waals surface area contributed by atoms with E-state index >= 15 is 4.39 Å². The first-order valence-corrected chi connectivity index (χ1v) is 13.9. The van der Waals surface area contributed by atoms with Gasteiger partial charge in [-0.05, 0) is 24.6 Å². The third-order valence-corrected chi connectivity index (χ3v) is 7.63. The fraction of sp³-hybridized carbons (Fsp3) is 0.458. The molecule has 218 valence electrons. The van der Waals surface area contributed by atoms with E-state index < -0.39 is 44.8 Å². The van der Waals surface area contributed by atoms with Crippen molar-refractivity contribution in [2.45, 2.75) is 12.6 Å². The Labute approximate surface area is 228 Å². The Morgan fingerprint density at radius 1 is 1.18 bits per heavy atom. The Hall–Kier alpha value is -3.31. The zero-order valence-corrected chi connectivity index (χ0v) is 22.5. The summed E-state index contributed by atoms with van der Waals surface area (Å²) in [7, 11) is -2.92. The summed E-state index contributed by atoms with van der Waals surface area (Å²) < 4.78 is 83.7. The Kier molecular flexibility index (Phi) is 9.57. The van der Waals surface area contributed by atoms with Crippen LogP contribution in [0.2, 0.25) is 0 Å². The topological polar surface area (TPSA) is 154 Å². The smallest absolute Gasteiger partial charge is 0.301 e. The lowest BCUT2D eigenvalue weighted by molar-refractivity contribution is 0.0547. The van der Waals surface area contributed by atoms with Gasteiger partial charge in [-0.2, -0.15) is 17.7 Å². The summed E-state index contributed by atoms with van der Waals surface area (Å²) in [6.45, 7) is 1.97. The van der Waals surface area contributed by atoms with Crippen LogP contribution in [0.5, 0.6) is 0 Å². The van der Waals surface area contributed by atoms with Crippen molar-refractivity contribution in [1.29, 1.82) is 0 Å². The first-order valence-electron chi connectivity index (χ1n) is 12.5. The maximum Gasteiger partial charge on any atom is 0.301 e. The van der Waals surface area contributed by atoms with E-state index in [0.717, 1.165) is 21.0 Å². The predicted octanol–water partition coefficient (Wildman–Crippen LogP) is 1.38. The number of nitrogens with two attached hydrogens (primary N) is 1. The van der Waals surface area contributed by atoms with Crippen LogP contribution in [0.4, 0.5) is 24.8 Å². The molecule has 0 radical (unpaired) electrons. The van der Waals surface area contributed by atoms with E-state index in [4.69, 9.17) is 15.2 Å². The summed E-state index contributed by atoms with van der Waals surface area (Å²) >= 11 is 0. The molecule has 12 nitrogen and oxygen atoms in total. The molecule has 1 fully saturated rings. The molecular weight excluding hydrogens is 555 g/mol. The van der Waals surface area contributed by atoms with Crippen molar-refractivity contribution in [2.24, 2.45) is 12.8 Å². The molecular formula is C24H30F3N7O5S. The van der Waals surface area contributed by atoms with Gasteiger partial charge in [-0.25, -0.2) is 18.2 Å². The van der Waals surface area contributed by atoms with Crippen LogP contribution in [0.3, 0.4) is 0 Å². The van der Waals surface area contributed by atoms with Crippen molar-refractivity contribution in [3.8, 4) is 11.1 Å². The lowest BCUT2D eigenvalue weighted by atomic mass is 10.0. The molecule has 1 aromatic carbocycles. The largest absolute Gasteiger partial charge is 0.378 e. The van der Waals surface area contributed by atoms with Gasteiger partial charge in [-0.1, -0.05) is 0 Å². The second kappa shape index (κ2) is 12.9. The normalized spacial score (nSPS) is 16.1. The average molecular weight is 586 g/mol. The molecule has 3 aromatic rings. The number of hydrogen-bond acceptors (Lipinski definition) is 9. The molecule has 40 heavy (non-hydrogen) atoms. The van der Waals surface area contributed by atoms with Gasteiger partial charge >= 0.3 is 10.2 Å². The van der Waals surface area contributed by atoms with E-state index in [9.17, 15) is 22.0 Å². The van der Waals surface area contributed by atoms with Crippen molar-refractivity contribution in [3.63, 3.8) is 0 Å². The van der Waals surface area contributed by atoms with Crippen LogP contribution < -0.4 is 21.3 Å². The number of rotatable bonds is 13. The van der Waals surface area contributed by atoms with E-state index in [1.807, 2.05) is 4.72 Å². The molecule has 1 atom stereocenters. The number of halogens is 3. The third-order valence-electron chi connectivity index (χ3n) is 6.15. The minimum absolute atomic E-state index is 0.0172. The number of ether oxygens (including phenoxy) is 2. The van der Waals surface area contributed by atoms with Crippen molar-refractivity contribution < 1.29 is 31.1 Å².